The number of amides is 2. The summed E-state index contributed by atoms with van der Waals surface area (Å²) in [4.78, 5) is 26.2. The summed E-state index contributed by atoms with van der Waals surface area (Å²) in [6, 6.07) is 11.8. The zero-order chi connectivity index (χ0) is 18.5. The maximum atomic E-state index is 13.1. The van der Waals surface area contributed by atoms with Gasteiger partial charge in [-0.3, -0.25) is 9.59 Å². The fourth-order valence-electron chi connectivity index (χ4n) is 2.88. The maximum absolute atomic E-state index is 13.1. The summed E-state index contributed by atoms with van der Waals surface area (Å²) in [7, 11) is 0. The molecule has 0 atom stereocenters. The van der Waals surface area contributed by atoms with Gasteiger partial charge in [0.15, 0.2) is 0 Å². The van der Waals surface area contributed by atoms with Gasteiger partial charge in [0, 0.05) is 19.4 Å². The van der Waals surface area contributed by atoms with Crippen LogP contribution in [0.3, 0.4) is 0 Å². The molecule has 6 heteroatoms. The number of hydrogen-bond acceptors (Lipinski definition) is 3. The van der Waals surface area contributed by atoms with Crippen LogP contribution in [-0.2, 0) is 16.1 Å². The minimum absolute atomic E-state index is 0.0899. The second-order valence-electron chi connectivity index (χ2n) is 6.27. The second kappa shape index (κ2) is 7.99. The monoisotopic (exact) mass is 356 g/mol. The molecule has 0 saturated heterocycles. The van der Waals surface area contributed by atoms with Crippen LogP contribution in [-0.4, -0.2) is 25.0 Å². The van der Waals surface area contributed by atoms with Crippen molar-refractivity contribution in [1.82, 2.24) is 5.32 Å². The van der Waals surface area contributed by atoms with Crippen LogP contribution in [0, 0.1) is 12.7 Å². The molecule has 0 spiro atoms. The summed E-state index contributed by atoms with van der Waals surface area (Å²) in [6.07, 6.45) is 0.203. The molecule has 0 aromatic heterocycles. The Bertz CT molecular complexity index is 822. The van der Waals surface area contributed by atoms with E-state index in [9.17, 15) is 14.0 Å². The summed E-state index contributed by atoms with van der Waals surface area (Å²) in [5.74, 6) is 0.000325. The van der Waals surface area contributed by atoms with Crippen LogP contribution >= 0.6 is 0 Å². The standard InChI is InChI=1S/C20H21FN2O3/c1-14-5-6-18-17(11-14)23(9-10-26-18)20(25)8-7-19(24)22-13-15-3-2-4-16(21)12-15/h2-6,11-12H,7-10,13H2,1H3,(H,22,24). The number of fused-ring (bicyclic) bond motifs is 1. The van der Waals surface area contributed by atoms with Gasteiger partial charge in [-0.2, -0.15) is 0 Å². The number of halogens is 1. The predicted octanol–water partition coefficient (Wildman–Crippen LogP) is 2.96. The molecule has 0 unspecified atom stereocenters. The summed E-state index contributed by atoms with van der Waals surface area (Å²) in [5, 5.41) is 2.71. The molecular formula is C20H21FN2O3. The van der Waals surface area contributed by atoms with Crippen LogP contribution in [0.4, 0.5) is 10.1 Å². The Morgan fingerprint density at radius 2 is 2.04 bits per heavy atom. The number of aryl methyl sites for hydroxylation is 1. The number of benzene rings is 2. The number of nitrogens with zero attached hydrogens (tertiary/aromatic N) is 1. The van der Waals surface area contributed by atoms with Crippen molar-refractivity contribution in [2.24, 2.45) is 0 Å². The first kappa shape index (κ1) is 17.9. The molecule has 0 saturated carbocycles. The number of rotatable bonds is 5. The van der Waals surface area contributed by atoms with E-state index >= 15 is 0 Å². The highest BCUT2D eigenvalue weighted by atomic mass is 19.1. The molecule has 26 heavy (non-hydrogen) atoms. The highest BCUT2D eigenvalue weighted by molar-refractivity contribution is 5.97. The Kier molecular flexibility index (Phi) is 5.51. The maximum Gasteiger partial charge on any atom is 0.227 e. The fourth-order valence-corrected chi connectivity index (χ4v) is 2.88. The third-order valence-electron chi connectivity index (χ3n) is 4.22. The molecule has 0 bridgehead atoms. The molecule has 2 amide bonds. The van der Waals surface area contributed by atoms with Crippen LogP contribution in [0.25, 0.3) is 0 Å². The summed E-state index contributed by atoms with van der Waals surface area (Å²) < 4.78 is 18.7. The normalized spacial score (nSPS) is 12.9. The zero-order valence-electron chi connectivity index (χ0n) is 14.6. The van der Waals surface area contributed by atoms with E-state index in [0.29, 0.717) is 24.5 Å². The molecule has 1 aliphatic heterocycles. The molecule has 1 N–H and O–H groups in total. The van der Waals surface area contributed by atoms with E-state index in [1.54, 1.807) is 17.0 Å². The van der Waals surface area contributed by atoms with Gasteiger partial charge < -0.3 is 15.0 Å². The van der Waals surface area contributed by atoms with Gasteiger partial charge in [0.2, 0.25) is 11.8 Å². The van der Waals surface area contributed by atoms with Gasteiger partial charge in [0.05, 0.1) is 12.2 Å². The van der Waals surface area contributed by atoms with Crippen LogP contribution in [0.5, 0.6) is 5.75 Å². The van der Waals surface area contributed by atoms with E-state index in [-0.39, 0.29) is 37.0 Å². The highest BCUT2D eigenvalue weighted by Gasteiger charge is 2.24. The zero-order valence-corrected chi connectivity index (χ0v) is 14.6. The number of carbonyl (C=O) groups excluding carboxylic acids is 2. The van der Waals surface area contributed by atoms with E-state index < -0.39 is 0 Å². The van der Waals surface area contributed by atoms with E-state index in [2.05, 4.69) is 5.32 Å². The topological polar surface area (TPSA) is 58.6 Å². The Morgan fingerprint density at radius 3 is 2.85 bits per heavy atom. The van der Waals surface area contributed by atoms with Crippen molar-refractivity contribution in [3.8, 4) is 5.75 Å². The first-order chi connectivity index (χ1) is 12.5. The van der Waals surface area contributed by atoms with Crippen molar-refractivity contribution >= 4 is 17.5 Å². The molecule has 5 nitrogen and oxygen atoms in total. The minimum Gasteiger partial charge on any atom is -0.490 e. The largest absolute Gasteiger partial charge is 0.490 e. The second-order valence-corrected chi connectivity index (χ2v) is 6.27. The summed E-state index contributed by atoms with van der Waals surface area (Å²) in [6.45, 7) is 3.11. The van der Waals surface area contributed by atoms with Crippen molar-refractivity contribution in [2.75, 3.05) is 18.1 Å². The van der Waals surface area contributed by atoms with Crippen LogP contribution in [0.2, 0.25) is 0 Å². The number of anilines is 1. The van der Waals surface area contributed by atoms with Crippen molar-refractivity contribution < 1.29 is 18.7 Å². The highest BCUT2D eigenvalue weighted by Crippen LogP contribution is 2.32. The van der Waals surface area contributed by atoms with E-state index in [4.69, 9.17) is 4.74 Å². The molecule has 3 rings (SSSR count). The quantitative estimate of drug-likeness (QED) is 0.896. The molecule has 0 radical (unpaired) electrons. The molecule has 1 heterocycles. The average molecular weight is 356 g/mol. The van der Waals surface area contributed by atoms with Gasteiger partial charge >= 0.3 is 0 Å². The SMILES string of the molecule is Cc1ccc2c(c1)N(C(=O)CCC(=O)NCc1cccc(F)c1)CCO2. The van der Waals surface area contributed by atoms with Crippen LogP contribution in [0.15, 0.2) is 42.5 Å². The average Bonchev–Trinajstić information content (AvgIpc) is 2.64. The van der Waals surface area contributed by atoms with Crippen molar-refractivity contribution in [3.63, 3.8) is 0 Å². The Hall–Kier alpha value is -2.89. The first-order valence-electron chi connectivity index (χ1n) is 8.58. The predicted molar refractivity (Wildman–Crippen MR) is 96.5 cm³/mol. The van der Waals surface area contributed by atoms with Gasteiger partial charge in [0.25, 0.3) is 0 Å². The van der Waals surface area contributed by atoms with E-state index in [1.807, 2.05) is 25.1 Å². The van der Waals surface area contributed by atoms with E-state index in [0.717, 1.165) is 11.3 Å². The van der Waals surface area contributed by atoms with Gasteiger partial charge in [0.1, 0.15) is 18.2 Å². The Morgan fingerprint density at radius 1 is 1.19 bits per heavy atom. The number of nitrogens with one attached hydrogen (secondary N) is 1. The lowest BCUT2D eigenvalue weighted by Gasteiger charge is -2.30. The van der Waals surface area contributed by atoms with Crippen molar-refractivity contribution in [2.45, 2.75) is 26.3 Å². The molecule has 1 aliphatic rings. The smallest absolute Gasteiger partial charge is 0.227 e. The molecule has 136 valence electrons. The van der Waals surface area contributed by atoms with Gasteiger partial charge in [-0.1, -0.05) is 18.2 Å². The van der Waals surface area contributed by atoms with Gasteiger partial charge in [-0.05, 0) is 42.3 Å². The Balaban J connectivity index is 1.53. The first-order valence-corrected chi connectivity index (χ1v) is 8.58. The molecule has 2 aromatic carbocycles. The minimum atomic E-state index is -0.340. The fraction of sp³-hybridized carbons (Fsp3) is 0.300. The number of carbonyl (C=O) groups is 2. The van der Waals surface area contributed by atoms with E-state index in [1.165, 1.54) is 12.1 Å². The van der Waals surface area contributed by atoms with Crippen molar-refractivity contribution in [1.29, 1.82) is 0 Å². The molecule has 0 aliphatic carbocycles. The third-order valence-corrected chi connectivity index (χ3v) is 4.22. The van der Waals surface area contributed by atoms with Crippen LogP contribution < -0.4 is 15.0 Å². The Labute approximate surface area is 151 Å². The lowest BCUT2D eigenvalue weighted by Crippen LogP contribution is -2.38. The summed E-state index contributed by atoms with van der Waals surface area (Å²) >= 11 is 0. The van der Waals surface area contributed by atoms with Gasteiger partial charge in [-0.15, -0.1) is 0 Å². The lowest BCUT2D eigenvalue weighted by atomic mass is 10.1. The molecular weight excluding hydrogens is 335 g/mol. The number of ether oxygens (including phenoxy) is 1. The summed E-state index contributed by atoms with van der Waals surface area (Å²) in [5.41, 5.74) is 2.48. The van der Waals surface area contributed by atoms with Gasteiger partial charge in [-0.25, -0.2) is 4.39 Å². The van der Waals surface area contributed by atoms with Crippen LogP contribution in [0.1, 0.15) is 24.0 Å². The molecule has 0 fully saturated rings. The number of hydrogen-bond donors (Lipinski definition) is 1. The van der Waals surface area contributed by atoms with Crippen molar-refractivity contribution in [3.05, 3.63) is 59.4 Å². The third kappa shape index (κ3) is 4.39. The molecule has 2 aromatic rings. The lowest BCUT2D eigenvalue weighted by molar-refractivity contribution is -0.125.